The van der Waals surface area contributed by atoms with Crippen LogP contribution in [0.5, 0.6) is 0 Å². The highest BCUT2D eigenvalue weighted by Crippen LogP contribution is 2.42. The van der Waals surface area contributed by atoms with E-state index in [1.165, 1.54) is 0 Å². The van der Waals surface area contributed by atoms with Gasteiger partial charge in [-0.15, -0.1) is 0 Å². The van der Waals surface area contributed by atoms with Crippen molar-refractivity contribution in [2.75, 3.05) is 0 Å². The minimum Gasteiger partial charge on any atom is -0.481 e. The van der Waals surface area contributed by atoms with Crippen LogP contribution in [0.2, 0.25) is 0 Å². The highest BCUT2D eigenvalue weighted by atomic mass is 16.4. The third kappa shape index (κ3) is 1.92. The first-order valence-corrected chi connectivity index (χ1v) is 6.24. The van der Waals surface area contributed by atoms with Gasteiger partial charge in [-0.3, -0.25) is 9.59 Å². The molecule has 0 spiro atoms. The van der Waals surface area contributed by atoms with Crippen LogP contribution in [0.1, 0.15) is 33.1 Å². The van der Waals surface area contributed by atoms with Crippen LogP contribution < -0.4 is 5.73 Å². The summed E-state index contributed by atoms with van der Waals surface area (Å²) >= 11 is 0. The first kappa shape index (κ1) is 12.4. The van der Waals surface area contributed by atoms with Gasteiger partial charge in [-0.1, -0.05) is 13.8 Å². The monoisotopic (exact) mass is 240 g/mol. The van der Waals surface area contributed by atoms with Crippen LogP contribution in [0.4, 0.5) is 0 Å². The van der Waals surface area contributed by atoms with Crippen molar-refractivity contribution in [1.82, 2.24) is 4.90 Å². The lowest BCUT2D eigenvalue weighted by Gasteiger charge is -2.27. The smallest absolute Gasteiger partial charge is 0.308 e. The third-order valence-corrected chi connectivity index (χ3v) is 4.11. The number of fused-ring (bicyclic) bond motifs is 2. The third-order valence-electron chi connectivity index (χ3n) is 4.11. The molecule has 0 saturated carbocycles. The molecule has 2 aliphatic heterocycles. The highest BCUT2D eigenvalue weighted by molar-refractivity contribution is 5.84. The molecule has 5 heteroatoms. The summed E-state index contributed by atoms with van der Waals surface area (Å²) in [6.45, 7) is 3.82. The minimum absolute atomic E-state index is 0.0729. The molecular weight excluding hydrogens is 220 g/mol. The molecule has 17 heavy (non-hydrogen) atoms. The minimum atomic E-state index is -0.784. The van der Waals surface area contributed by atoms with Crippen LogP contribution in [0.25, 0.3) is 0 Å². The Balaban J connectivity index is 2.13. The standard InChI is InChI=1S/C12H20N2O3/c1-6(2)10(13)11(15)14-7-3-4-9(14)8(5-7)12(16)17/h6-10H,3-5,13H2,1-2H3,(H,16,17)/t7?,8?,9?,10-/m0/s1. The number of nitrogens with two attached hydrogens (primary N) is 1. The van der Waals surface area contributed by atoms with Gasteiger partial charge in [-0.2, -0.15) is 0 Å². The zero-order valence-corrected chi connectivity index (χ0v) is 10.3. The molecule has 0 radical (unpaired) electrons. The number of rotatable bonds is 3. The fourth-order valence-electron chi connectivity index (χ4n) is 3.05. The Morgan fingerprint density at radius 2 is 2.00 bits per heavy atom. The van der Waals surface area contributed by atoms with Crippen molar-refractivity contribution in [2.24, 2.45) is 17.6 Å². The number of hydrogen-bond donors (Lipinski definition) is 2. The van der Waals surface area contributed by atoms with Gasteiger partial charge in [-0.05, 0) is 25.2 Å². The lowest BCUT2D eigenvalue weighted by molar-refractivity contribution is -0.143. The summed E-state index contributed by atoms with van der Waals surface area (Å²) in [5.74, 6) is -1.16. The number of carbonyl (C=O) groups excluding carboxylic acids is 1. The predicted octanol–water partition coefficient (Wildman–Crippen LogP) is 0.434. The molecular formula is C12H20N2O3. The number of carboxylic acid groups (broad SMARTS) is 1. The summed E-state index contributed by atoms with van der Waals surface area (Å²) < 4.78 is 0. The van der Waals surface area contributed by atoms with Gasteiger partial charge in [0.15, 0.2) is 0 Å². The molecule has 2 rings (SSSR count). The lowest BCUT2D eigenvalue weighted by Crippen LogP contribution is -2.49. The maximum absolute atomic E-state index is 12.2. The van der Waals surface area contributed by atoms with E-state index in [9.17, 15) is 9.59 Å². The summed E-state index contributed by atoms with van der Waals surface area (Å²) in [6.07, 6.45) is 2.32. The summed E-state index contributed by atoms with van der Waals surface area (Å²) in [7, 11) is 0. The van der Waals surface area contributed by atoms with Gasteiger partial charge in [-0.25, -0.2) is 0 Å². The van der Waals surface area contributed by atoms with Gasteiger partial charge in [0, 0.05) is 12.1 Å². The SMILES string of the molecule is CC(C)[C@H](N)C(=O)N1C2CCC1C(C(=O)O)C2. The van der Waals surface area contributed by atoms with Crippen molar-refractivity contribution < 1.29 is 14.7 Å². The molecule has 1 amide bonds. The van der Waals surface area contributed by atoms with Crippen LogP contribution in [0, 0.1) is 11.8 Å². The Labute approximate surface area is 101 Å². The molecule has 0 aromatic carbocycles. The summed E-state index contributed by atoms with van der Waals surface area (Å²) in [6, 6.07) is -0.543. The highest BCUT2D eigenvalue weighted by Gasteiger charge is 2.52. The Morgan fingerprint density at radius 1 is 1.35 bits per heavy atom. The first-order chi connectivity index (χ1) is 7.93. The van der Waals surface area contributed by atoms with E-state index in [4.69, 9.17) is 10.8 Å². The van der Waals surface area contributed by atoms with Crippen LogP contribution in [-0.4, -0.2) is 40.0 Å². The molecule has 2 heterocycles. The van der Waals surface area contributed by atoms with Crippen LogP contribution in [0.3, 0.4) is 0 Å². The topological polar surface area (TPSA) is 83.6 Å². The number of hydrogen-bond acceptors (Lipinski definition) is 3. The van der Waals surface area contributed by atoms with Crippen LogP contribution >= 0.6 is 0 Å². The number of carboxylic acids is 1. The van der Waals surface area contributed by atoms with E-state index in [-0.39, 0.29) is 23.9 Å². The molecule has 2 fully saturated rings. The molecule has 0 aromatic heterocycles. The molecule has 0 aromatic rings. The van der Waals surface area contributed by atoms with E-state index in [0.29, 0.717) is 6.42 Å². The molecule has 5 nitrogen and oxygen atoms in total. The molecule has 2 bridgehead atoms. The van der Waals surface area contributed by atoms with Crippen LogP contribution in [-0.2, 0) is 9.59 Å². The normalized spacial score (nSPS) is 33.2. The molecule has 96 valence electrons. The van der Waals surface area contributed by atoms with Crippen molar-refractivity contribution >= 4 is 11.9 Å². The van der Waals surface area contributed by atoms with Gasteiger partial charge < -0.3 is 15.7 Å². The predicted molar refractivity (Wildman–Crippen MR) is 62.2 cm³/mol. The molecule has 2 saturated heterocycles. The van der Waals surface area contributed by atoms with Crippen LogP contribution in [0.15, 0.2) is 0 Å². The average Bonchev–Trinajstić information content (AvgIpc) is 2.83. The zero-order valence-electron chi connectivity index (χ0n) is 10.3. The zero-order chi connectivity index (χ0) is 12.7. The van der Waals surface area contributed by atoms with Gasteiger partial charge in [0.25, 0.3) is 0 Å². The fourth-order valence-corrected chi connectivity index (χ4v) is 3.05. The molecule has 2 aliphatic rings. The Hall–Kier alpha value is -1.10. The maximum atomic E-state index is 12.2. The summed E-state index contributed by atoms with van der Waals surface area (Å²) in [5.41, 5.74) is 5.87. The first-order valence-electron chi connectivity index (χ1n) is 6.24. The average molecular weight is 240 g/mol. The summed E-state index contributed by atoms with van der Waals surface area (Å²) in [5, 5.41) is 9.11. The van der Waals surface area contributed by atoms with Gasteiger partial charge in [0.2, 0.25) is 5.91 Å². The quantitative estimate of drug-likeness (QED) is 0.749. The lowest BCUT2D eigenvalue weighted by atomic mass is 9.89. The van der Waals surface area contributed by atoms with Crippen molar-refractivity contribution in [3.05, 3.63) is 0 Å². The van der Waals surface area contributed by atoms with E-state index >= 15 is 0 Å². The van der Waals surface area contributed by atoms with E-state index < -0.39 is 17.9 Å². The van der Waals surface area contributed by atoms with E-state index in [0.717, 1.165) is 12.8 Å². The van der Waals surface area contributed by atoms with E-state index in [1.807, 2.05) is 13.8 Å². The second-order valence-electron chi connectivity index (χ2n) is 5.49. The molecule has 3 N–H and O–H groups in total. The molecule has 0 aliphatic carbocycles. The van der Waals surface area contributed by atoms with Crippen molar-refractivity contribution in [3.63, 3.8) is 0 Å². The maximum Gasteiger partial charge on any atom is 0.308 e. The van der Waals surface area contributed by atoms with Gasteiger partial charge in [0.1, 0.15) is 0 Å². The Morgan fingerprint density at radius 3 is 2.47 bits per heavy atom. The van der Waals surface area contributed by atoms with E-state index in [2.05, 4.69) is 0 Å². The van der Waals surface area contributed by atoms with E-state index in [1.54, 1.807) is 4.90 Å². The molecule has 3 unspecified atom stereocenters. The number of carbonyl (C=O) groups is 2. The van der Waals surface area contributed by atoms with Crippen molar-refractivity contribution in [1.29, 1.82) is 0 Å². The molecule has 4 atom stereocenters. The summed E-state index contributed by atoms with van der Waals surface area (Å²) in [4.78, 5) is 25.1. The number of aliphatic carboxylic acids is 1. The Kier molecular flexibility index (Phi) is 3.12. The number of nitrogens with zero attached hydrogens (tertiary/aromatic N) is 1. The number of amides is 1. The van der Waals surface area contributed by atoms with Gasteiger partial charge in [0.05, 0.1) is 12.0 Å². The second-order valence-corrected chi connectivity index (χ2v) is 5.49. The van der Waals surface area contributed by atoms with Crippen molar-refractivity contribution in [3.8, 4) is 0 Å². The second kappa shape index (κ2) is 4.29. The largest absolute Gasteiger partial charge is 0.481 e. The Bertz CT molecular complexity index is 343. The van der Waals surface area contributed by atoms with Crippen molar-refractivity contribution in [2.45, 2.75) is 51.2 Å². The van der Waals surface area contributed by atoms with Gasteiger partial charge >= 0.3 is 5.97 Å². The fraction of sp³-hybridized carbons (Fsp3) is 0.833.